The van der Waals surface area contributed by atoms with Gasteiger partial charge < -0.3 is 9.47 Å². The molecule has 2 rings (SSSR count). The summed E-state index contributed by atoms with van der Waals surface area (Å²) in [5, 5.41) is 4.20. The van der Waals surface area contributed by atoms with Crippen molar-refractivity contribution in [2.45, 2.75) is 20.5 Å². The van der Waals surface area contributed by atoms with E-state index in [1.165, 1.54) is 0 Å². The molecule has 0 fully saturated rings. The minimum Gasteiger partial charge on any atom is -0.481 e. The molecule has 0 unspecified atom stereocenters. The highest BCUT2D eigenvalue weighted by atomic mass is 16.5. The van der Waals surface area contributed by atoms with Crippen LogP contribution in [0.2, 0.25) is 0 Å². The Hall–Kier alpha value is -2.37. The smallest absolute Gasteiger partial charge is 0.342 e. The SMILES string of the molecule is COc1ccc(COC(=O)c2c(C)nn(C)c2C)cn1. The van der Waals surface area contributed by atoms with Crippen LogP contribution in [0.5, 0.6) is 5.88 Å². The number of aryl methyl sites for hydroxylation is 2. The van der Waals surface area contributed by atoms with Gasteiger partial charge in [0.25, 0.3) is 0 Å². The van der Waals surface area contributed by atoms with E-state index < -0.39 is 0 Å². The van der Waals surface area contributed by atoms with E-state index in [0.29, 0.717) is 17.1 Å². The molecule has 20 heavy (non-hydrogen) atoms. The van der Waals surface area contributed by atoms with Gasteiger partial charge in [-0.25, -0.2) is 9.78 Å². The van der Waals surface area contributed by atoms with Crippen LogP contribution in [0.25, 0.3) is 0 Å². The fourth-order valence-electron chi connectivity index (χ4n) is 1.91. The topological polar surface area (TPSA) is 66.2 Å². The number of methoxy groups -OCH3 is 1. The van der Waals surface area contributed by atoms with Gasteiger partial charge in [-0.15, -0.1) is 0 Å². The van der Waals surface area contributed by atoms with E-state index in [9.17, 15) is 4.79 Å². The maximum atomic E-state index is 12.1. The highest BCUT2D eigenvalue weighted by molar-refractivity contribution is 5.91. The van der Waals surface area contributed by atoms with E-state index in [0.717, 1.165) is 11.3 Å². The van der Waals surface area contributed by atoms with Crippen LogP contribution in [0, 0.1) is 13.8 Å². The monoisotopic (exact) mass is 275 g/mol. The first-order chi connectivity index (χ1) is 9.52. The summed E-state index contributed by atoms with van der Waals surface area (Å²) in [4.78, 5) is 16.1. The predicted molar refractivity (Wildman–Crippen MR) is 72.6 cm³/mol. The van der Waals surface area contributed by atoms with E-state index >= 15 is 0 Å². The molecular formula is C14H17N3O3. The molecule has 0 atom stereocenters. The van der Waals surface area contributed by atoms with Crippen LogP contribution in [-0.2, 0) is 18.4 Å². The lowest BCUT2D eigenvalue weighted by molar-refractivity contribution is 0.0470. The molecule has 2 aromatic rings. The van der Waals surface area contributed by atoms with Crippen molar-refractivity contribution in [2.24, 2.45) is 7.05 Å². The minimum absolute atomic E-state index is 0.170. The number of pyridine rings is 1. The van der Waals surface area contributed by atoms with Crippen LogP contribution < -0.4 is 4.74 Å². The average molecular weight is 275 g/mol. The maximum Gasteiger partial charge on any atom is 0.342 e. The number of rotatable bonds is 4. The minimum atomic E-state index is -0.371. The zero-order valence-electron chi connectivity index (χ0n) is 12.0. The number of esters is 1. The molecule has 0 amide bonds. The third-order valence-corrected chi connectivity index (χ3v) is 3.09. The Balaban J connectivity index is 2.04. The third kappa shape index (κ3) is 2.79. The summed E-state index contributed by atoms with van der Waals surface area (Å²) in [5.41, 5.74) is 2.79. The molecule has 0 aliphatic carbocycles. The first-order valence-electron chi connectivity index (χ1n) is 6.19. The molecule has 6 nitrogen and oxygen atoms in total. The van der Waals surface area contributed by atoms with Crippen molar-refractivity contribution in [2.75, 3.05) is 7.11 Å². The summed E-state index contributed by atoms with van der Waals surface area (Å²) in [6, 6.07) is 3.53. The van der Waals surface area contributed by atoms with Crippen molar-refractivity contribution >= 4 is 5.97 Å². The lowest BCUT2D eigenvalue weighted by atomic mass is 10.2. The first-order valence-corrected chi connectivity index (χ1v) is 6.19. The zero-order valence-corrected chi connectivity index (χ0v) is 12.0. The zero-order chi connectivity index (χ0) is 14.7. The summed E-state index contributed by atoms with van der Waals surface area (Å²) in [6.45, 7) is 3.80. The molecule has 0 spiro atoms. The first kappa shape index (κ1) is 14.0. The van der Waals surface area contributed by atoms with Crippen LogP contribution in [0.1, 0.15) is 27.3 Å². The highest BCUT2D eigenvalue weighted by Crippen LogP contribution is 2.15. The quantitative estimate of drug-likeness (QED) is 0.796. The second kappa shape index (κ2) is 5.73. The normalized spacial score (nSPS) is 10.4. The van der Waals surface area contributed by atoms with E-state index in [-0.39, 0.29) is 12.6 Å². The number of nitrogens with zero attached hydrogens (tertiary/aromatic N) is 3. The van der Waals surface area contributed by atoms with E-state index in [1.807, 2.05) is 13.0 Å². The van der Waals surface area contributed by atoms with Gasteiger partial charge in [-0.1, -0.05) is 0 Å². The number of carbonyl (C=O) groups is 1. The Morgan fingerprint density at radius 3 is 2.60 bits per heavy atom. The van der Waals surface area contributed by atoms with E-state index in [4.69, 9.17) is 9.47 Å². The van der Waals surface area contributed by atoms with Gasteiger partial charge in [0.05, 0.1) is 12.8 Å². The van der Waals surface area contributed by atoms with E-state index in [2.05, 4.69) is 10.1 Å². The largest absolute Gasteiger partial charge is 0.481 e. The molecular weight excluding hydrogens is 258 g/mol. The molecule has 0 aliphatic heterocycles. The van der Waals surface area contributed by atoms with Gasteiger partial charge in [-0.2, -0.15) is 5.10 Å². The molecule has 0 N–H and O–H groups in total. The Morgan fingerprint density at radius 1 is 1.35 bits per heavy atom. The summed E-state index contributed by atoms with van der Waals surface area (Å²) in [5.74, 6) is 0.156. The van der Waals surface area contributed by atoms with Gasteiger partial charge in [-0.05, 0) is 19.9 Å². The molecule has 0 aliphatic rings. The van der Waals surface area contributed by atoms with Crippen molar-refractivity contribution in [3.63, 3.8) is 0 Å². The van der Waals surface area contributed by atoms with Crippen LogP contribution in [0.4, 0.5) is 0 Å². The molecule has 0 saturated heterocycles. The van der Waals surface area contributed by atoms with Crippen molar-refractivity contribution < 1.29 is 14.3 Å². The van der Waals surface area contributed by atoms with Gasteiger partial charge >= 0.3 is 5.97 Å². The lowest BCUT2D eigenvalue weighted by Gasteiger charge is -2.05. The maximum absolute atomic E-state index is 12.1. The Labute approximate surface area is 117 Å². The second-order valence-corrected chi connectivity index (χ2v) is 4.45. The number of carbonyl (C=O) groups excluding carboxylic acids is 1. The second-order valence-electron chi connectivity index (χ2n) is 4.45. The summed E-state index contributed by atoms with van der Waals surface area (Å²) >= 11 is 0. The molecule has 0 aromatic carbocycles. The van der Waals surface area contributed by atoms with Gasteiger partial charge in [0.1, 0.15) is 12.2 Å². The molecule has 0 radical (unpaired) electrons. The number of ether oxygens (including phenoxy) is 2. The number of hydrogen-bond donors (Lipinski definition) is 0. The predicted octanol–water partition coefficient (Wildman–Crippen LogP) is 1.80. The van der Waals surface area contributed by atoms with Crippen LogP contribution >= 0.6 is 0 Å². The number of aromatic nitrogens is 3. The molecule has 2 heterocycles. The lowest BCUT2D eigenvalue weighted by Crippen LogP contribution is -2.08. The summed E-state index contributed by atoms with van der Waals surface area (Å²) in [6.07, 6.45) is 1.62. The highest BCUT2D eigenvalue weighted by Gasteiger charge is 2.18. The molecule has 6 heteroatoms. The third-order valence-electron chi connectivity index (χ3n) is 3.09. The van der Waals surface area contributed by atoms with Crippen LogP contribution in [0.15, 0.2) is 18.3 Å². The Morgan fingerprint density at radius 2 is 2.10 bits per heavy atom. The number of hydrogen-bond acceptors (Lipinski definition) is 5. The van der Waals surface area contributed by atoms with Gasteiger partial charge in [0.2, 0.25) is 5.88 Å². The molecule has 2 aromatic heterocycles. The summed E-state index contributed by atoms with van der Waals surface area (Å²) in [7, 11) is 3.35. The van der Waals surface area contributed by atoms with Gasteiger partial charge in [-0.3, -0.25) is 4.68 Å². The standard InChI is InChI=1S/C14H17N3O3/c1-9-13(10(2)17(3)16-9)14(18)20-8-11-5-6-12(19-4)15-7-11/h5-7H,8H2,1-4H3. The molecule has 0 bridgehead atoms. The fraction of sp³-hybridized carbons (Fsp3) is 0.357. The summed E-state index contributed by atoms with van der Waals surface area (Å²) < 4.78 is 11.9. The van der Waals surface area contributed by atoms with Crippen LogP contribution in [0.3, 0.4) is 0 Å². The van der Waals surface area contributed by atoms with E-state index in [1.54, 1.807) is 38.0 Å². The van der Waals surface area contributed by atoms with Gasteiger partial charge in [0.15, 0.2) is 0 Å². The molecule has 0 saturated carbocycles. The fourth-order valence-corrected chi connectivity index (χ4v) is 1.91. The van der Waals surface area contributed by atoms with Crippen LogP contribution in [-0.4, -0.2) is 27.8 Å². The van der Waals surface area contributed by atoms with Crippen molar-refractivity contribution in [3.8, 4) is 5.88 Å². The van der Waals surface area contributed by atoms with Crippen molar-refractivity contribution in [1.29, 1.82) is 0 Å². The van der Waals surface area contributed by atoms with Crippen molar-refractivity contribution in [3.05, 3.63) is 40.8 Å². The Kier molecular flexibility index (Phi) is 4.02. The molecule has 106 valence electrons. The van der Waals surface area contributed by atoms with Gasteiger partial charge in [0, 0.05) is 30.6 Å². The van der Waals surface area contributed by atoms with Crippen molar-refractivity contribution in [1.82, 2.24) is 14.8 Å². The average Bonchev–Trinajstić information content (AvgIpc) is 2.70. The Bertz CT molecular complexity index is 617.